The molecule has 12 heavy (non-hydrogen) atoms. The molecular weight excluding hydrogens is 161 g/mol. The summed E-state index contributed by atoms with van der Waals surface area (Å²) >= 11 is 0. The summed E-state index contributed by atoms with van der Waals surface area (Å²) in [6.07, 6.45) is 1.39. The molecule has 2 heterocycles. The predicted molar refractivity (Wildman–Crippen MR) is 38.5 cm³/mol. The van der Waals surface area contributed by atoms with Crippen LogP contribution in [0, 0.1) is 12.7 Å². The highest BCUT2D eigenvalue weighted by atomic mass is 19.1. The van der Waals surface area contributed by atoms with Crippen LogP contribution in [0.15, 0.2) is 12.3 Å². The number of pyridine rings is 1. The number of hydrogen-bond acceptors (Lipinski definition) is 3. The Bertz CT molecular complexity index is 398. The lowest BCUT2D eigenvalue weighted by Gasteiger charge is -2.07. The van der Waals surface area contributed by atoms with Gasteiger partial charge in [0, 0.05) is 5.56 Å². The first-order valence-corrected chi connectivity index (χ1v) is 3.38. The fourth-order valence-corrected chi connectivity index (χ4v) is 1.03. The molecule has 0 bridgehead atoms. The number of rotatable bonds is 0. The van der Waals surface area contributed by atoms with E-state index >= 15 is 0 Å². The van der Waals surface area contributed by atoms with Crippen molar-refractivity contribution in [1.82, 2.24) is 14.9 Å². The van der Waals surface area contributed by atoms with E-state index in [9.17, 15) is 9.60 Å². The lowest BCUT2D eigenvalue weighted by atomic mass is 10.2. The smallest absolute Gasteiger partial charge is 0.199 e. The van der Waals surface area contributed by atoms with Crippen LogP contribution < -0.4 is 0 Å². The largest absolute Gasteiger partial charge is 0.426 e. The number of aromatic nitrogens is 3. The Morgan fingerprint density at radius 3 is 3.08 bits per heavy atom. The molecule has 0 amide bonds. The maximum atomic E-state index is 13.0. The number of halogens is 1. The van der Waals surface area contributed by atoms with Gasteiger partial charge >= 0.3 is 0 Å². The standard InChI is InChI=1S/C7H6FN3O/c1-4-6(8)2-5-3-9-10-7(5)11(4)12/h2-3,12H,1H3. The predicted octanol–water partition coefficient (Wildman–Crippen LogP) is 1.07. The molecule has 0 radical (unpaired) electrons. The van der Waals surface area contributed by atoms with Crippen LogP contribution in [0.25, 0.3) is 11.4 Å². The summed E-state index contributed by atoms with van der Waals surface area (Å²) in [6.45, 7) is 1.46. The average molecular weight is 167 g/mol. The van der Waals surface area contributed by atoms with Gasteiger partial charge < -0.3 is 5.21 Å². The third-order valence-electron chi connectivity index (χ3n) is 1.75. The zero-order valence-corrected chi connectivity index (χ0v) is 6.32. The summed E-state index contributed by atoms with van der Waals surface area (Å²) in [6, 6.07) is 1.29. The first-order valence-electron chi connectivity index (χ1n) is 3.38. The van der Waals surface area contributed by atoms with Gasteiger partial charge in [0.2, 0.25) is 0 Å². The molecule has 0 unspecified atom stereocenters. The first kappa shape index (κ1) is 7.02. The maximum Gasteiger partial charge on any atom is 0.199 e. The molecule has 0 aliphatic carbocycles. The molecule has 2 rings (SSSR count). The molecule has 2 aliphatic rings. The molecule has 1 N–H and O–H groups in total. The minimum Gasteiger partial charge on any atom is -0.426 e. The summed E-state index contributed by atoms with van der Waals surface area (Å²) in [7, 11) is 0. The molecule has 5 heteroatoms. The van der Waals surface area contributed by atoms with E-state index in [0.29, 0.717) is 10.3 Å². The molecule has 4 nitrogen and oxygen atoms in total. The van der Waals surface area contributed by atoms with Gasteiger partial charge in [-0.3, -0.25) is 0 Å². The van der Waals surface area contributed by atoms with Gasteiger partial charge in [-0.2, -0.15) is 9.83 Å². The van der Waals surface area contributed by atoms with Crippen LogP contribution in [0.1, 0.15) is 5.69 Å². The fraction of sp³-hybridized carbons (Fsp3) is 0.143. The van der Waals surface area contributed by atoms with Crippen molar-refractivity contribution in [3.63, 3.8) is 0 Å². The van der Waals surface area contributed by atoms with Crippen LogP contribution in [0.4, 0.5) is 4.39 Å². The highest BCUT2D eigenvalue weighted by molar-refractivity contribution is 5.55. The van der Waals surface area contributed by atoms with E-state index in [1.807, 2.05) is 0 Å². The topological polar surface area (TPSA) is 50.9 Å². The lowest BCUT2D eigenvalue weighted by Crippen LogP contribution is -2.05. The SMILES string of the molecule is Cc1c(F)cc2cnnc-2n1O. The summed E-state index contributed by atoms with van der Waals surface area (Å²) < 4.78 is 13.6. The second kappa shape index (κ2) is 2.17. The van der Waals surface area contributed by atoms with Crippen LogP contribution in [-0.2, 0) is 0 Å². The van der Waals surface area contributed by atoms with Crippen LogP contribution in [0.5, 0.6) is 0 Å². The third kappa shape index (κ3) is 0.761. The van der Waals surface area contributed by atoms with Crippen molar-refractivity contribution < 1.29 is 9.60 Å². The fourth-order valence-electron chi connectivity index (χ4n) is 1.03. The molecule has 0 fully saturated rings. The zero-order chi connectivity index (χ0) is 8.72. The molecule has 2 aliphatic heterocycles. The van der Waals surface area contributed by atoms with Gasteiger partial charge in [-0.1, -0.05) is 0 Å². The van der Waals surface area contributed by atoms with Crippen molar-refractivity contribution in [2.45, 2.75) is 6.92 Å². The van der Waals surface area contributed by atoms with Gasteiger partial charge in [0.25, 0.3) is 0 Å². The van der Waals surface area contributed by atoms with E-state index in [-0.39, 0.29) is 11.5 Å². The van der Waals surface area contributed by atoms with Gasteiger partial charge in [-0.05, 0) is 13.0 Å². The van der Waals surface area contributed by atoms with Gasteiger partial charge in [0.05, 0.1) is 11.9 Å². The monoisotopic (exact) mass is 167 g/mol. The lowest BCUT2D eigenvalue weighted by molar-refractivity contribution is 0.175. The average Bonchev–Trinajstić information content (AvgIpc) is 2.48. The molecule has 0 saturated carbocycles. The van der Waals surface area contributed by atoms with Crippen LogP contribution in [-0.4, -0.2) is 20.1 Å². The maximum absolute atomic E-state index is 13.0. The van der Waals surface area contributed by atoms with E-state index in [1.54, 1.807) is 0 Å². The number of nitrogens with zero attached hydrogens (tertiary/aromatic N) is 3. The van der Waals surface area contributed by atoms with Gasteiger partial charge in [0.15, 0.2) is 5.82 Å². The summed E-state index contributed by atoms with van der Waals surface area (Å²) in [5.41, 5.74) is 0.614. The minimum atomic E-state index is -0.472. The zero-order valence-electron chi connectivity index (χ0n) is 6.32. The minimum absolute atomic E-state index is 0.128. The van der Waals surface area contributed by atoms with Crippen molar-refractivity contribution in [3.8, 4) is 11.4 Å². The van der Waals surface area contributed by atoms with E-state index < -0.39 is 5.82 Å². The molecule has 0 aromatic carbocycles. The quantitative estimate of drug-likeness (QED) is 0.597. The molecule has 62 valence electrons. The molecule has 0 spiro atoms. The first-order chi connectivity index (χ1) is 5.70. The van der Waals surface area contributed by atoms with Crippen molar-refractivity contribution in [3.05, 3.63) is 23.8 Å². The van der Waals surface area contributed by atoms with Gasteiger partial charge in [0.1, 0.15) is 5.82 Å². The highest BCUT2D eigenvalue weighted by Gasteiger charge is 2.14. The van der Waals surface area contributed by atoms with E-state index in [0.717, 1.165) is 0 Å². The Kier molecular flexibility index (Phi) is 1.27. The Morgan fingerprint density at radius 2 is 2.33 bits per heavy atom. The number of hydrogen-bond donors (Lipinski definition) is 1. The Hall–Kier alpha value is -1.65. The Balaban J connectivity index is 2.85. The van der Waals surface area contributed by atoms with Crippen LogP contribution in [0.3, 0.4) is 0 Å². The Labute approximate surface area is 67.6 Å². The summed E-state index contributed by atoms with van der Waals surface area (Å²) in [4.78, 5) is 0. The third-order valence-corrected chi connectivity index (χ3v) is 1.75. The van der Waals surface area contributed by atoms with E-state index in [2.05, 4.69) is 10.2 Å². The molecular formula is C7H6FN3O. The van der Waals surface area contributed by atoms with Crippen molar-refractivity contribution in [2.24, 2.45) is 0 Å². The van der Waals surface area contributed by atoms with Crippen LogP contribution in [0.2, 0.25) is 0 Å². The van der Waals surface area contributed by atoms with E-state index in [4.69, 9.17) is 0 Å². The highest BCUT2D eigenvalue weighted by Crippen LogP contribution is 2.20. The van der Waals surface area contributed by atoms with Crippen molar-refractivity contribution >= 4 is 0 Å². The van der Waals surface area contributed by atoms with E-state index in [1.165, 1.54) is 19.2 Å². The van der Waals surface area contributed by atoms with Gasteiger partial charge in [-0.25, -0.2) is 4.39 Å². The second-order valence-electron chi connectivity index (χ2n) is 2.51. The van der Waals surface area contributed by atoms with Crippen molar-refractivity contribution in [2.75, 3.05) is 0 Å². The second-order valence-corrected chi connectivity index (χ2v) is 2.51. The molecule has 0 saturated heterocycles. The molecule has 0 aromatic rings. The summed E-state index contributed by atoms with van der Waals surface area (Å²) in [5, 5.41) is 16.5. The normalized spacial score (nSPS) is 10.8. The van der Waals surface area contributed by atoms with Crippen molar-refractivity contribution in [1.29, 1.82) is 0 Å². The Morgan fingerprint density at radius 1 is 1.58 bits per heavy atom. The van der Waals surface area contributed by atoms with Gasteiger partial charge in [-0.15, -0.1) is 5.10 Å². The van der Waals surface area contributed by atoms with Crippen LogP contribution >= 0.6 is 0 Å². The summed E-state index contributed by atoms with van der Waals surface area (Å²) in [5.74, 6) is -0.200. The molecule has 0 aromatic heterocycles. The number of fused-ring (bicyclic) bond motifs is 1. The molecule has 0 atom stereocenters.